The van der Waals surface area contributed by atoms with E-state index >= 15 is 0 Å². The van der Waals surface area contributed by atoms with Gasteiger partial charge < -0.3 is 9.47 Å². The number of hydrogen-bond acceptors (Lipinski definition) is 7. The molecule has 1 aliphatic rings. The minimum atomic E-state index is -0.695. The fourth-order valence-corrected chi connectivity index (χ4v) is 3.29. The summed E-state index contributed by atoms with van der Waals surface area (Å²) in [6.45, 7) is 5.15. The second kappa shape index (κ2) is 6.74. The normalized spacial score (nSPS) is 13.6. The summed E-state index contributed by atoms with van der Waals surface area (Å²) in [5.41, 5.74) is 0.361. The lowest BCUT2D eigenvalue weighted by molar-refractivity contribution is -0.119. The summed E-state index contributed by atoms with van der Waals surface area (Å²) in [5.74, 6) is -2.45. The zero-order valence-corrected chi connectivity index (χ0v) is 13.7. The van der Waals surface area contributed by atoms with Crippen LogP contribution < -0.4 is 4.90 Å². The van der Waals surface area contributed by atoms with E-state index in [0.29, 0.717) is 5.56 Å². The number of nitrogens with zero attached hydrogens (tertiary/aromatic N) is 1. The van der Waals surface area contributed by atoms with E-state index < -0.39 is 23.8 Å². The van der Waals surface area contributed by atoms with Crippen molar-refractivity contribution >= 4 is 40.1 Å². The van der Waals surface area contributed by atoms with Gasteiger partial charge in [-0.3, -0.25) is 9.59 Å². The van der Waals surface area contributed by atoms with Gasteiger partial charge in [-0.15, -0.1) is 11.3 Å². The van der Waals surface area contributed by atoms with E-state index in [-0.39, 0.29) is 28.7 Å². The zero-order valence-electron chi connectivity index (χ0n) is 12.9. The lowest BCUT2D eigenvalue weighted by Gasteiger charge is -2.13. The fraction of sp³-hybridized carbons (Fsp3) is 0.333. The lowest BCUT2D eigenvalue weighted by atomic mass is 10.1. The van der Waals surface area contributed by atoms with Crippen molar-refractivity contribution in [3.8, 4) is 0 Å². The molecule has 7 nitrogen and oxygen atoms in total. The molecule has 0 atom stereocenters. The van der Waals surface area contributed by atoms with Crippen LogP contribution in [0.5, 0.6) is 0 Å². The Morgan fingerprint density at radius 3 is 2.09 bits per heavy atom. The SMILES string of the molecule is CCOC(=O)c1sc(N2C(=O)C=CC2=O)c(C(=O)OCC)c1C. The molecule has 0 spiro atoms. The molecule has 0 saturated carbocycles. The first kappa shape index (κ1) is 16.9. The van der Waals surface area contributed by atoms with Crippen LogP contribution in [0.15, 0.2) is 12.2 Å². The molecule has 0 saturated heterocycles. The Bertz CT molecular complexity index is 700. The average Bonchev–Trinajstić information content (AvgIpc) is 2.99. The summed E-state index contributed by atoms with van der Waals surface area (Å²) in [5, 5.41) is 0.0732. The highest BCUT2D eigenvalue weighted by atomic mass is 32.1. The molecule has 1 aliphatic heterocycles. The maximum absolute atomic E-state index is 12.2. The van der Waals surface area contributed by atoms with Gasteiger partial charge in [-0.1, -0.05) is 0 Å². The molecule has 1 aromatic heterocycles. The molecular weight excluding hydrogens is 322 g/mol. The molecule has 8 heteroatoms. The van der Waals surface area contributed by atoms with Gasteiger partial charge in [0.2, 0.25) is 0 Å². The van der Waals surface area contributed by atoms with E-state index in [2.05, 4.69) is 0 Å². The van der Waals surface area contributed by atoms with Crippen molar-refractivity contribution in [3.63, 3.8) is 0 Å². The van der Waals surface area contributed by atoms with Gasteiger partial charge in [0.25, 0.3) is 11.8 Å². The molecule has 0 fully saturated rings. The van der Waals surface area contributed by atoms with Crippen LogP contribution in [0.25, 0.3) is 0 Å². The summed E-state index contributed by atoms with van der Waals surface area (Å²) >= 11 is 0.862. The number of amides is 2. The first-order valence-electron chi connectivity index (χ1n) is 6.96. The molecule has 2 rings (SSSR count). The van der Waals surface area contributed by atoms with Crippen LogP contribution in [0.1, 0.15) is 39.4 Å². The molecule has 122 valence electrons. The molecule has 23 heavy (non-hydrogen) atoms. The molecular formula is C15H15NO6S. The Balaban J connectivity index is 2.57. The smallest absolute Gasteiger partial charge is 0.348 e. The number of ether oxygens (including phenoxy) is 2. The predicted molar refractivity (Wildman–Crippen MR) is 82.6 cm³/mol. The molecule has 0 aromatic carbocycles. The highest BCUT2D eigenvalue weighted by molar-refractivity contribution is 7.19. The summed E-state index contributed by atoms with van der Waals surface area (Å²) in [6, 6.07) is 0. The summed E-state index contributed by atoms with van der Waals surface area (Å²) < 4.78 is 9.93. The first-order valence-corrected chi connectivity index (χ1v) is 7.77. The molecule has 0 N–H and O–H groups in total. The quantitative estimate of drug-likeness (QED) is 0.601. The van der Waals surface area contributed by atoms with Crippen LogP contribution in [-0.2, 0) is 19.1 Å². The Hall–Kier alpha value is -2.48. The number of thiophene rings is 1. The maximum atomic E-state index is 12.2. The zero-order chi connectivity index (χ0) is 17.1. The minimum absolute atomic E-state index is 0.0327. The minimum Gasteiger partial charge on any atom is -0.462 e. The van der Waals surface area contributed by atoms with Crippen molar-refractivity contribution in [2.75, 3.05) is 18.1 Å². The van der Waals surface area contributed by atoms with E-state index in [0.717, 1.165) is 28.4 Å². The maximum Gasteiger partial charge on any atom is 0.348 e. The number of carbonyl (C=O) groups excluding carboxylic acids is 4. The monoisotopic (exact) mass is 337 g/mol. The summed E-state index contributed by atoms with van der Waals surface area (Å²) in [6.07, 6.45) is 2.21. The highest BCUT2D eigenvalue weighted by Crippen LogP contribution is 2.38. The van der Waals surface area contributed by atoms with Gasteiger partial charge in [0.1, 0.15) is 9.88 Å². The second-order valence-electron chi connectivity index (χ2n) is 4.52. The third-order valence-electron chi connectivity index (χ3n) is 3.08. The highest BCUT2D eigenvalue weighted by Gasteiger charge is 2.35. The summed E-state index contributed by atoms with van der Waals surface area (Å²) in [4.78, 5) is 49.0. The van der Waals surface area contributed by atoms with Crippen molar-refractivity contribution < 1.29 is 28.7 Å². The third-order valence-corrected chi connectivity index (χ3v) is 4.34. The number of anilines is 1. The van der Waals surface area contributed by atoms with Gasteiger partial charge in [0.15, 0.2) is 0 Å². The van der Waals surface area contributed by atoms with Crippen molar-refractivity contribution in [3.05, 3.63) is 28.2 Å². The summed E-state index contributed by atoms with van der Waals surface area (Å²) in [7, 11) is 0. The Morgan fingerprint density at radius 1 is 1.04 bits per heavy atom. The van der Waals surface area contributed by atoms with E-state index in [1.54, 1.807) is 20.8 Å². The van der Waals surface area contributed by atoms with Gasteiger partial charge in [0, 0.05) is 12.2 Å². The molecule has 2 heterocycles. The molecule has 2 amide bonds. The number of imide groups is 1. The lowest BCUT2D eigenvalue weighted by Crippen LogP contribution is -2.30. The van der Waals surface area contributed by atoms with Crippen LogP contribution >= 0.6 is 11.3 Å². The average molecular weight is 337 g/mol. The first-order chi connectivity index (χ1) is 10.9. The number of rotatable bonds is 5. The van der Waals surface area contributed by atoms with Gasteiger partial charge in [-0.05, 0) is 26.3 Å². The number of hydrogen-bond donors (Lipinski definition) is 0. The molecule has 1 aromatic rings. The predicted octanol–water partition coefficient (Wildman–Crippen LogP) is 1.84. The van der Waals surface area contributed by atoms with E-state index in [1.165, 1.54) is 0 Å². The van der Waals surface area contributed by atoms with Crippen LogP contribution in [0.4, 0.5) is 5.00 Å². The van der Waals surface area contributed by atoms with Crippen molar-refractivity contribution in [2.45, 2.75) is 20.8 Å². The van der Waals surface area contributed by atoms with Crippen LogP contribution in [0, 0.1) is 6.92 Å². The van der Waals surface area contributed by atoms with Crippen LogP contribution in [0.2, 0.25) is 0 Å². The Kier molecular flexibility index (Phi) is 4.95. The van der Waals surface area contributed by atoms with Gasteiger partial charge in [-0.25, -0.2) is 14.5 Å². The van der Waals surface area contributed by atoms with Crippen LogP contribution in [-0.4, -0.2) is 37.0 Å². The van der Waals surface area contributed by atoms with Gasteiger partial charge >= 0.3 is 11.9 Å². The Labute approximate surface area is 136 Å². The van der Waals surface area contributed by atoms with E-state index in [4.69, 9.17) is 9.47 Å². The largest absolute Gasteiger partial charge is 0.462 e. The Morgan fingerprint density at radius 2 is 1.57 bits per heavy atom. The topological polar surface area (TPSA) is 90.0 Å². The van der Waals surface area contributed by atoms with Crippen molar-refractivity contribution in [1.29, 1.82) is 0 Å². The van der Waals surface area contributed by atoms with E-state index in [9.17, 15) is 19.2 Å². The molecule has 0 bridgehead atoms. The number of esters is 2. The number of carbonyl (C=O) groups is 4. The van der Waals surface area contributed by atoms with Crippen LogP contribution in [0.3, 0.4) is 0 Å². The fourth-order valence-electron chi connectivity index (χ4n) is 2.09. The van der Waals surface area contributed by atoms with Crippen molar-refractivity contribution in [1.82, 2.24) is 0 Å². The van der Waals surface area contributed by atoms with Gasteiger partial charge in [-0.2, -0.15) is 0 Å². The third kappa shape index (κ3) is 3.02. The molecule has 0 aliphatic carbocycles. The van der Waals surface area contributed by atoms with Gasteiger partial charge in [0.05, 0.1) is 18.8 Å². The molecule has 0 radical (unpaired) electrons. The van der Waals surface area contributed by atoms with E-state index in [1.807, 2.05) is 0 Å². The second-order valence-corrected chi connectivity index (χ2v) is 5.52. The molecule has 0 unspecified atom stereocenters. The standard InChI is InChI=1S/C15H15NO6S/c1-4-21-14(19)11-8(3)12(15(20)22-5-2)23-13(11)16-9(17)6-7-10(16)18/h6-7H,4-5H2,1-3H3. The van der Waals surface area contributed by atoms with Crippen molar-refractivity contribution in [2.24, 2.45) is 0 Å².